The summed E-state index contributed by atoms with van der Waals surface area (Å²) in [5.74, 6) is -0.910. The highest BCUT2D eigenvalue weighted by atomic mass is 35.5. The number of allylic oxidation sites excluding steroid dienone is 4. The Kier molecular flexibility index (Phi) is 1.58. The summed E-state index contributed by atoms with van der Waals surface area (Å²) in [6.45, 7) is 0. The summed E-state index contributed by atoms with van der Waals surface area (Å²) in [7, 11) is 0. The van der Waals surface area contributed by atoms with Gasteiger partial charge in [0.05, 0.1) is 0 Å². The molecule has 0 aromatic heterocycles. The van der Waals surface area contributed by atoms with E-state index in [9.17, 15) is 8.78 Å². The van der Waals surface area contributed by atoms with Crippen molar-refractivity contribution in [3.05, 3.63) is 24.1 Å². The van der Waals surface area contributed by atoms with Crippen LogP contribution >= 0.6 is 11.6 Å². The lowest BCUT2D eigenvalue weighted by Crippen LogP contribution is -2.12. The van der Waals surface area contributed by atoms with Gasteiger partial charge in [-0.1, -0.05) is 17.7 Å². The third-order valence-corrected chi connectivity index (χ3v) is 1.39. The Balaban J connectivity index is 2.83. The molecule has 0 nitrogen and oxygen atoms in total. The zero-order chi connectivity index (χ0) is 6.91. The average molecular weight is 151 g/mol. The van der Waals surface area contributed by atoms with Crippen LogP contribution in [0.25, 0.3) is 0 Å². The molecule has 1 aliphatic rings. The molecule has 1 atom stereocenters. The Hall–Kier alpha value is -0.370. The van der Waals surface area contributed by atoms with E-state index in [4.69, 9.17) is 11.6 Å². The van der Waals surface area contributed by atoms with Crippen LogP contribution in [-0.4, -0.2) is 5.13 Å². The first kappa shape index (κ1) is 6.75. The zero-order valence-electron chi connectivity index (χ0n) is 4.57. The maximum Gasteiger partial charge on any atom is 0.252 e. The predicted octanol–water partition coefficient (Wildman–Crippen LogP) is 2.70. The van der Waals surface area contributed by atoms with Crippen molar-refractivity contribution in [1.29, 1.82) is 0 Å². The van der Waals surface area contributed by atoms with E-state index < -0.39 is 11.0 Å². The van der Waals surface area contributed by atoms with Gasteiger partial charge in [0.15, 0.2) is 5.83 Å². The molecule has 0 fully saturated rings. The van der Waals surface area contributed by atoms with Gasteiger partial charge in [-0.15, -0.1) is 0 Å². The van der Waals surface area contributed by atoms with Gasteiger partial charge >= 0.3 is 0 Å². The highest BCUT2D eigenvalue weighted by molar-refractivity contribution is 6.25. The third-order valence-electron chi connectivity index (χ3n) is 1.08. The number of rotatable bonds is 0. The van der Waals surface area contributed by atoms with Gasteiger partial charge in [0.1, 0.15) is 0 Å². The Morgan fingerprint density at radius 1 is 1.67 bits per heavy atom. The van der Waals surface area contributed by atoms with E-state index in [2.05, 4.69) is 0 Å². The summed E-state index contributed by atoms with van der Waals surface area (Å²) in [5, 5.41) is -2.38. The smallest absolute Gasteiger partial charge is 0.214 e. The van der Waals surface area contributed by atoms with Gasteiger partial charge in [-0.25, -0.2) is 8.78 Å². The first-order valence-electron chi connectivity index (χ1n) is 2.54. The lowest BCUT2D eigenvalue weighted by molar-refractivity contribution is 0.331. The van der Waals surface area contributed by atoms with E-state index in [1.54, 1.807) is 0 Å². The van der Waals surface area contributed by atoms with Crippen molar-refractivity contribution in [1.82, 2.24) is 0 Å². The van der Waals surface area contributed by atoms with E-state index in [0.717, 1.165) is 12.2 Å². The van der Waals surface area contributed by atoms with Crippen LogP contribution in [0.2, 0.25) is 0 Å². The van der Waals surface area contributed by atoms with E-state index in [1.165, 1.54) is 6.08 Å². The summed E-state index contributed by atoms with van der Waals surface area (Å²) >= 11 is 5.03. The van der Waals surface area contributed by atoms with Crippen molar-refractivity contribution in [3.63, 3.8) is 0 Å². The maximum absolute atomic E-state index is 12.5. The van der Waals surface area contributed by atoms with E-state index >= 15 is 0 Å². The zero-order valence-corrected chi connectivity index (χ0v) is 5.33. The molecule has 0 saturated carbocycles. The summed E-state index contributed by atoms with van der Waals surface area (Å²) in [6, 6.07) is 0. The van der Waals surface area contributed by atoms with E-state index in [1.807, 2.05) is 0 Å². The molecule has 1 aliphatic carbocycles. The largest absolute Gasteiger partial charge is 0.252 e. The fourth-order valence-electron chi connectivity index (χ4n) is 0.603. The predicted molar refractivity (Wildman–Crippen MR) is 32.6 cm³/mol. The molecule has 1 unspecified atom stereocenters. The topological polar surface area (TPSA) is 0 Å². The molecule has 0 aromatic carbocycles. The van der Waals surface area contributed by atoms with Crippen molar-refractivity contribution in [2.24, 2.45) is 0 Å². The normalized spacial score (nSPS) is 34.3. The molecule has 0 bridgehead atoms. The molecule has 0 radical (unpaired) electrons. The Bertz CT molecular complexity index is 170. The van der Waals surface area contributed by atoms with Gasteiger partial charge in [0.2, 0.25) is 0 Å². The Morgan fingerprint density at radius 3 is 2.67 bits per heavy atom. The highest BCUT2D eigenvalue weighted by Crippen LogP contribution is 2.32. The van der Waals surface area contributed by atoms with Gasteiger partial charge in [0.25, 0.3) is 5.13 Å². The summed E-state index contributed by atoms with van der Waals surface area (Å²) in [4.78, 5) is 0. The molecule has 0 aromatic rings. The van der Waals surface area contributed by atoms with Crippen LogP contribution < -0.4 is 0 Å². The van der Waals surface area contributed by atoms with Crippen LogP contribution in [-0.2, 0) is 0 Å². The molecule has 0 saturated heterocycles. The van der Waals surface area contributed by atoms with Crippen molar-refractivity contribution in [3.8, 4) is 0 Å². The van der Waals surface area contributed by atoms with Crippen molar-refractivity contribution < 1.29 is 8.78 Å². The molecule has 3 heteroatoms. The fourth-order valence-corrected chi connectivity index (χ4v) is 0.769. The second-order valence-electron chi connectivity index (χ2n) is 1.81. The Labute approximate surface area is 56.8 Å². The SMILES string of the molecule is FC1=CCC=CC1(F)Cl. The molecular formula is C6H5ClF2. The average Bonchev–Trinajstić information content (AvgIpc) is 1.77. The molecule has 0 amide bonds. The molecule has 0 heterocycles. The van der Waals surface area contributed by atoms with Crippen LogP contribution in [0.1, 0.15) is 6.42 Å². The Morgan fingerprint density at radius 2 is 2.33 bits per heavy atom. The van der Waals surface area contributed by atoms with Crippen molar-refractivity contribution in [2.45, 2.75) is 11.5 Å². The summed E-state index contributed by atoms with van der Waals surface area (Å²) in [6.07, 6.45) is 4.02. The second-order valence-corrected chi connectivity index (χ2v) is 2.36. The number of hydrogen-bond acceptors (Lipinski definition) is 0. The van der Waals surface area contributed by atoms with Crippen molar-refractivity contribution >= 4 is 11.6 Å². The van der Waals surface area contributed by atoms with Crippen LogP contribution in [0.15, 0.2) is 24.1 Å². The monoisotopic (exact) mass is 150 g/mol. The highest BCUT2D eigenvalue weighted by Gasteiger charge is 2.29. The number of halogens is 3. The fraction of sp³-hybridized carbons (Fsp3) is 0.333. The van der Waals surface area contributed by atoms with E-state index in [0.29, 0.717) is 6.42 Å². The van der Waals surface area contributed by atoms with E-state index in [-0.39, 0.29) is 0 Å². The van der Waals surface area contributed by atoms with Gasteiger partial charge < -0.3 is 0 Å². The molecule has 9 heavy (non-hydrogen) atoms. The quantitative estimate of drug-likeness (QED) is 0.368. The van der Waals surface area contributed by atoms with Crippen LogP contribution in [0.5, 0.6) is 0 Å². The van der Waals surface area contributed by atoms with Crippen LogP contribution in [0.3, 0.4) is 0 Å². The minimum absolute atomic E-state index is 0.421. The van der Waals surface area contributed by atoms with Crippen molar-refractivity contribution in [2.75, 3.05) is 0 Å². The minimum Gasteiger partial charge on any atom is -0.214 e. The standard InChI is InChI=1S/C6H5ClF2/c7-6(9)4-2-1-3-5(6)8/h2-4H,1H2. The second kappa shape index (κ2) is 2.10. The van der Waals surface area contributed by atoms with Gasteiger partial charge in [0, 0.05) is 0 Å². The summed E-state index contributed by atoms with van der Waals surface area (Å²) < 4.78 is 24.8. The molecule has 50 valence electrons. The van der Waals surface area contributed by atoms with Crippen LogP contribution in [0.4, 0.5) is 8.78 Å². The minimum atomic E-state index is -2.38. The molecule has 0 spiro atoms. The van der Waals surface area contributed by atoms with Gasteiger partial charge in [-0.2, -0.15) is 0 Å². The molecule has 1 rings (SSSR count). The first-order chi connectivity index (χ1) is 4.13. The lowest BCUT2D eigenvalue weighted by Gasteiger charge is -2.12. The molecular weight excluding hydrogens is 146 g/mol. The number of hydrogen-bond donors (Lipinski definition) is 0. The maximum atomic E-state index is 12.5. The third kappa shape index (κ3) is 1.30. The van der Waals surface area contributed by atoms with Crippen LogP contribution in [0, 0.1) is 0 Å². The molecule has 0 N–H and O–H groups in total. The first-order valence-corrected chi connectivity index (χ1v) is 2.92. The van der Waals surface area contributed by atoms with Gasteiger partial charge in [-0.05, 0) is 18.6 Å². The number of alkyl halides is 2. The van der Waals surface area contributed by atoms with Gasteiger partial charge in [-0.3, -0.25) is 0 Å². The summed E-state index contributed by atoms with van der Waals surface area (Å²) in [5.41, 5.74) is 0. The lowest BCUT2D eigenvalue weighted by atomic mass is 10.1. The molecule has 0 aliphatic heterocycles.